The van der Waals surface area contributed by atoms with Gasteiger partial charge in [-0.1, -0.05) is 11.6 Å². The van der Waals surface area contributed by atoms with Gasteiger partial charge in [0.15, 0.2) is 0 Å². The summed E-state index contributed by atoms with van der Waals surface area (Å²) in [6.07, 6.45) is 1.63. The molecule has 0 bridgehead atoms. The Morgan fingerprint density at radius 3 is 2.53 bits per heavy atom. The molecule has 0 saturated carbocycles. The molecule has 0 saturated heterocycles. The lowest BCUT2D eigenvalue weighted by Gasteiger charge is -2.33. The Bertz CT molecular complexity index is 354. The monoisotopic (exact) mass is 241 g/mol. The molecule has 1 N–H and O–H groups in total. The molecule has 0 fully saturated rings. The summed E-state index contributed by atoms with van der Waals surface area (Å²) in [5.74, 6) is -0.997. The van der Waals surface area contributed by atoms with E-state index >= 15 is 0 Å². The highest BCUT2D eigenvalue weighted by atomic mass is 16.6. The van der Waals surface area contributed by atoms with Crippen molar-refractivity contribution < 1.29 is 19.4 Å². The molecule has 1 unspecified atom stereocenters. The molecule has 0 radical (unpaired) electrons. The average molecular weight is 241 g/mol. The van der Waals surface area contributed by atoms with Crippen molar-refractivity contribution in [3.05, 3.63) is 11.6 Å². The van der Waals surface area contributed by atoms with E-state index in [9.17, 15) is 9.59 Å². The zero-order chi connectivity index (χ0) is 13.2. The second-order valence-corrected chi connectivity index (χ2v) is 5.24. The quantitative estimate of drug-likeness (QED) is 0.713. The number of nitrogens with zero attached hydrogens (tertiary/aromatic N) is 1. The second-order valence-electron chi connectivity index (χ2n) is 5.24. The van der Waals surface area contributed by atoms with Crippen LogP contribution >= 0.6 is 0 Å². The zero-order valence-electron chi connectivity index (χ0n) is 10.7. The Morgan fingerprint density at radius 1 is 1.47 bits per heavy atom. The Hall–Kier alpha value is -1.52. The highest BCUT2D eigenvalue weighted by Crippen LogP contribution is 2.20. The van der Waals surface area contributed by atoms with E-state index in [2.05, 4.69) is 0 Å². The van der Waals surface area contributed by atoms with Crippen LogP contribution in [0.1, 0.15) is 34.1 Å². The number of rotatable bonds is 1. The molecule has 5 heteroatoms. The smallest absolute Gasteiger partial charge is 0.411 e. The molecule has 1 atom stereocenters. The Labute approximate surface area is 101 Å². The lowest BCUT2D eigenvalue weighted by molar-refractivity contribution is -0.143. The number of hydrogen-bond acceptors (Lipinski definition) is 3. The minimum Gasteiger partial charge on any atom is -0.480 e. The van der Waals surface area contributed by atoms with Gasteiger partial charge in [-0.2, -0.15) is 0 Å². The van der Waals surface area contributed by atoms with Gasteiger partial charge in [0.1, 0.15) is 11.6 Å². The molecular formula is C12H19NO4. The van der Waals surface area contributed by atoms with Crippen molar-refractivity contribution in [2.45, 2.75) is 45.8 Å². The maximum atomic E-state index is 11.8. The van der Waals surface area contributed by atoms with Crippen LogP contribution < -0.4 is 0 Å². The van der Waals surface area contributed by atoms with Gasteiger partial charge in [-0.25, -0.2) is 9.59 Å². The van der Waals surface area contributed by atoms with Gasteiger partial charge in [0.05, 0.1) is 0 Å². The number of hydrogen-bond donors (Lipinski definition) is 1. The SMILES string of the molecule is CC1=CCN(C(=O)OC(C)(C)C)C(C(=O)O)C1. The van der Waals surface area contributed by atoms with Gasteiger partial charge in [-0.3, -0.25) is 4.90 Å². The van der Waals surface area contributed by atoms with E-state index in [1.807, 2.05) is 13.0 Å². The van der Waals surface area contributed by atoms with Crippen molar-refractivity contribution in [3.63, 3.8) is 0 Å². The molecule has 1 heterocycles. The minimum absolute atomic E-state index is 0.289. The third-order valence-corrected chi connectivity index (χ3v) is 2.44. The molecule has 0 aliphatic carbocycles. The van der Waals surface area contributed by atoms with Crippen LogP contribution in [0.3, 0.4) is 0 Å². The molecule has 1 rings (SSSR count). The lowest BCUT2D eigenvalue weighted by Crippen LogP contribution is -2.49. The molecule has 5 nitrogen and oxygen atoms in total. The normalized spacial score (nSPS) is 20.8. The first-order valence-corrected chi connectivity index (χ1v) is 5.59. The van der Waals surface area contributed by atoms with Gasteiger partial charge in [0, 0.05) is 6.54 Å². The summed E-state index contributed by atoms with van der Waals surface area (Å²) >= 11 is 0. The van der Waals surface area contributed by atoms with Crippen LogP contribution in [0.2, 0.25) is 0 Å². The van der Waals surface area contributed by atoms with Crippen molar-refractivity contribution >= 4 is 12.1 Å². The van der Waals surface area contributed by atoms with Gasteiger partial charge in [-0.05, 0) is 34.1 Å². The number of carbonyl (C=O) groups excluding carboxylic acids is 1. The van der Waals surface area contributed by atoms with Crippen LogP contribution in [0.25, 0.3) is 0 Å². The van der Waals surface area contributed by atoms with E-state index in [-0.39, 0.29) is 6.54 Å². The van der Waals surface area contributed by atoms with E-state index < -0.39 is 23.7 Å². The molecule has 0 spiro atoms. The largest absolute Gasteiger partial charge is 0.480 e. The highest BCUT2D eigenvalue weighted by Gasteiger charge is 2.34. The maximum Gasteiger partial charge on any atom is 0.411 e. The number of ether oxygens (including phenoxy) is 1. The first-order valence-electron chi connectivity index (χ1n) is 5.59. The Kier molecular flexibility index (Phi) is 3.80. The Morgan fingerprint density at radius 2 is 2.06 bits per heavy atom. The fourth-order valence-corrected chi connectivity index (χ4v) is 1.62. The highest BCUT2D eigenvalue weighted by molar-refractivity contribution is 5.81. The number of carboxylic acids is 1. The molecule has 1 amide bonds. The lowest BCUT2D eigenvalue weighted by atomic mass is 10.0. The summed E-state index contributed by atoms with van der Waals surface area (Å²) in [7, 11) is 0. The van der Waals surface area contributed by atoms with Gasteiger partial charge in [0.2, 0.25) is 0 Å². The third kappa shape index (κ3) is 3.76. The molecule has 0 aromatic heterocycles. The Balaban J connectivity index is 2.81. The topological polar surface area (TPSA) is 66.8 Å². The molecule has 0 aromatic carbocycles. The van der Waals surface area contributed by atoms with Crippen molar-refractivity contribution in [3.8, 4) is 0 Å². The van der Waals surface area contributed by atoms with Crippen molar-refractivity contribution in [1.29, 1.82) is 0 Å². The molecule has 96 valence electrons. The molecule has 1 aliphatic heterocycles. The number of amides is 1. The van der Waals surface area contributed by atoms with E-state index in [1.165, 1.54) is 4.90 Å². The van der Waals surface area contributed by atoms with Gasteiger partial charge >= 0.3 is 12.1 Å². The van der Waals surface area contributed by atoms with Crippen LogP contribution in [0, 0.1) is 0 Å². The predicted molar refractivity (Wildman–Crippen MR) is 62.7 cm³/mol. The zero-order valence-corrected chi connectivity index (χ0v) is 10.7. The fraction of sp³-hybridized carbons (Fsp3) is 0.667. The van der Waals surface area contributed by atoms with E-state index in [0.717, 1.165) is 5.57 Å². The molecular weight excluding hydrogens is 222 g/mol. The van der Waals surface area contributed by atoms with Crippen LogP contribution in [-0.4, -0.2) is 40.3 Å². The van der Waals surface area contributed by atoms with Crippen LogP contribution in [-0.2, 0) is 9.53 Å². The molecule has 1 aliphatic rings. The van der Waals surface area contributed by atoms with E-state index in [1.54, 1.807) is 20.8 Å². The van der Waals surface area contributed by atoms with Crippen LogP contribution in [0.15, 0.2) is 11.6 Å². The van der Waals surface area contributed by atoms with Gasteiger partial charge in [-0.15, -0.1) is 0 Å². The summed E-state index contributed by atoms with van der Waals surface area (Å²) in [6, 6.07) is -0.824. The third-order valence-electron chi connectivity index (χ3n) is 2.44. The first-order chi connectivity index (χ1) is 7.70. The summed E-state index contributed by atoms with van der Waals surface area (Å²) in [5, 5.41) is 9.10. The average Bonchev–Trinajstić information content (AvgIpc) is 2.14. The summed E-state index contributed by atoms with van der Waals surface area (Å²) in [4.78, 5) is 24.2. The van der Waals surface area contributed by atoms with Crippen LogP contribution in [0.4, 0.5) is 4.79 Å². The fourth-order valence-electron chi connectivity index (χ4n) is 1.62. The predicted octanol–water partition coefficient (Wildman–Crippen LogP) is 2.03. The van der Waals surface area contributed by atoms with Crippen molar-refractivity contribution in [2.75, 3.05) is 6.54 Å². The van der Waals surface area contributed by atoms with Gasteiger partial charge in [0.25, 0.3) is 0 Å². The van der Waals surface area contributed by atoms with Crippen LogP contribution in [0.5, 0.6) is 0 Å². The summed E-state index contributed by atoms with van der Waals surface area (Å²) < 4.78 is 5.19. The van der Waals surface area contributed by atoms with E-state index in [0.29, 0.717) is 6.42 Å². The van der Waals surface area contributed by atoms with Gasteiger partial charge < -0.3 is 9.84 Å². The maximum absolute atomic E-state index is 11.8. The minimum atomic E-state index is -0.997. The van der Waals surface area contributed by atoms with Crippen molar-refractivity contribution in [1.82, 2.24) is 4.90 Å². The van der Waals surface area contributed by atoms with E-state index in [4.69, 9.17) is 9.84 Å². The number of carbonyl (C=O) groups is 2. The number of carboxylic acid groups (broad SMARTS) is 1. The number of aliphatic carboxylic acids is 1. The second kappa shape index (κ2) is 4.77. The first kappa shape index (κ1) is 13.5. The summed E-state index contributed by atoms with van der Waals surface area (Å²) in [5.41, 5.74) is 0.369. The van der Waals surface area contributed by atoms with Crippen molar-refractivity contribution in [2.24, 2.45) is 0 Å². The standard InChI is InChI=1S/C12H19NO4/c1-8-5-6-13(9(7-8)10(14)15)11(16)17-12(2,3)4/h5,9H,6-7H2,1-4H3,(H,14,15). The molecule has 0 aromatic rings. The summed E-state index contributed by atoms with van der Waals surface area (Å²) in [6.45, 7) is 7.42. The molecule has 17 heavy (non-hydrogen) atoms.